The molecule has 2 aromatic rings. The van der Waals surface area contributed by atoms with Gasteiger partial charge in [0.1, 0.15) is 0 Å². The highest BCUT2D eigenvalue weighted by Gasteiger charge is 2.03. The van der Waals surface area contributed by atoms with E-state index < -0.39 is 0 Å². The third-order valence-corrected chi connectivity index (χ3v) is 3.36. The average Bonchev–Trinajstić information content (AvgIpc) is 2.75. The molecule has 0 amide bonds. The summed E-state index contributed by atoms with van der Waals surface area (Å²) in [5.41, 5.74) is 1.21. The Morgan fingerprint density at radius 1 is 1.35 bits per heavy atom. The maximum Gasteiger partial charge on any atom is 0.0972 e. The number of thiazole rings is 1. The van der Waals surface area contributed by atoms with Crippen LogP contribution in [-0.4, -0.2) is 16.0 Å². The maximum atomic E-state index is 4.44. The molecule has 1 N–H and O–H groups in total. The number of aromatic nitrogens is 2. The zero-order valence-electron chi connectivity index (χ0n) is 10.2. The van der Waals surface area contributed by atoms with Gasteiger partial charge in [0.15, 0.2) is 0 Å². The lowest BCUT2D eigenvalue weighted by Gasteiger charge is -2.04. The van der Waals surface area contributed by atoms with Gasteiger partial charge >= 0.3 is 0 Å². The van der Waals surface area contributed by atoms with Gasteiger partial charge in [0.05, 0.1) is 5.01 Å². The minimum Gasteiger partial charge on any atom is -0.310 e. The Kier molecular flexibility index (Phi) is 4.23. The predicted molar refractivity (Wildman–Crippen MR) is 71.1 cm³/mol. The molecule has 3 nitrogen and oxygen atoms in total. The first-order valence-corrected chi connectivity index (χ1v) is 6.61. The summed E-state index contributed by atoms with van der Waals surface area (Å²) in [5.74, 6) is 0. The number of nitrogens with one attached hydrogen (secondary N) is 1. The average molecular weight is 247 g/mol. The van der Waals surface area contributed by atoms with E-state index in [1.807, 2.05) is 18.5 Å². The van der Waals surface area contributed by atoms with Crippen molar-refractivity contribution >= 4 is 11.3 Å². The van der Waals surface area contributed by atoms with Crippen LogP contribution in [0.15, 0.2) is 30.7 Å². The topological polar surface area (TPSA) is 37.8 Å². The van der Waals surface area contributed by atoms with Gasteiger partial charge in [0, 0.05) is 42.5 Å². The number of hydrogen-bond acceptors (Lipinski definition) is 4. The van der Waals surface area contributed by atoms with Gasteiger partial charge in [-0.25, -0.2) is 4.98 Å². The summed E-state index contributed by atoms with van der Waals surface area (Å²) in [6.45, 7) is 5.21. The summed E-state index contributed by atoms with van der Waals surface area (Å²) in [4.78, 5) is 9.84. The lowest BCUT2D eigenvalue weighted by Crippen LogP contribution is -2.21. The van der Waals surface area contributed by atoms with E-state index in [2.05, 4.69) is 35.2 Å². The first-order chi connectivity index (χ1) is 8.24. The van der Waals surface area contributed by atoms with E-state index in [1.54, 1.807) is 17.5 Å². The Balaban J connectivity index is 1.94. The maximum absolute atomic E-state index is 4.44. The molecule has 0 spiro atoms. The van der Waals surface area contributed by atoms with Crippen molar-refractivity contribution < 1.29 is 0 Å². The van der Waals surface area contributed by atoms with Gasteiger partial charge in [-0.05, 0) is 11.6 Å². The van der Waals surface area contributed by atoms with Crippen molar-refractivity contribution in [3.05, 3.63) is 46.2 Å². The minimum absolute atomic E-state index is 0.513. The molecule has 0 aliphatic carbocycles. The molecule has 0 unspecified atom stereocenters. The Hall–Kier alpha value is -1.26. The normalized spacial score (nSPS) is 11.0. The van der Waals surface area contributed by atoms with E-state index in [4.69, 9.17) is 0 Å². The molecular formula is C13H17N3S. The van der Waals surface area contributed by atoms with Crippen molar-refractivity contribution in [1.29, 1.82) is 0 Å². The van der Waals surface area contributed by atoms with Crippen molar-refractivity contribution in [2.75, 3.05) is 0 Å². The fraction of sp³-hybridized carbons (Fsp3) is 0.385. The second-order valence-electron chi connectivity index (χ2n) is 4.29. The van der Waals surface area contributed by atoms with Gasteiger partial charge in [0.2, 0.25) is 0 Å². The molecule has 2 aromatic heterocycles. The quantitative estimate of drug-likeness (QED) is 0.882. The van der Waals surface area contributed by atoms with Crippen molar-refractivity contribution in [1.82, 2.24) is 15.3 Å². The fourth-order valence-electron chi connectivity index (χ4n) is 1.49. The summed E-state index contributed by atoms with van der Waals surface area (Å²) in [5, 5.41) is 4.55. The lowest BCUT2D eigenvalue weighted by molar-refractivity contribution is 0.593. The van der Waals surface area contributed by atoms with Crippen LogP contribution in [0.25, 0.3) is 0 Å². The largest absolute Gasteiger partial charge is 0.310 e. The molecule has 0 saturated heterocycles. The van der Waals surface area contributed by atoms with Gasteiger partial charge in [-0.1, -0.05) is 19.9 Å². The SMILES string of the molecule is CC(C)NCc1cnc(Cc2cccnc2)s1. The molecule has 0 aliphatic rings. The van der Waals surface area contributed by atoms with E-state index in [-0.39, 0.29) is 0 Å². The summed E-state index contributed by atoms with van der Waals surface area (Å²) in [6, 6.07) is 4.56. The molecule has 0 saturated carbocycles. The van der Waals surface area contributed by atoms with Crippen LogP contribution in [0.2, 0.25) is 0 Å². The summed E-state index contributed by atoms with van der Waals surface area (Å²) in [7, 11) is 0. The van der Waals surface area contributed by atoms with Gasteiger partial charge in [0.25, 0.3) is 0 Å². The van der Waals surface area contributed by atoms with Crippen LogP contribution >= 0.6 is 11.3 Å². The van der Waals surface area contributed by atoms with Crippen LogP contribution in [0.3, 0.4) is 0 Å². The molecule has 90 valence electrons. The highest BCUT2D eigenvalue weighted by Crippen LogP contribution is 2.16. The van der Waals surface area contributed by atoms with E-state index in [0.717, 1.165) is 18.0 Å². The van der Waals surface area contributed by atoms with Gasteiger partial charge < -0.3 is 5.32 Å². The Morgan fingerprint density at radius 3 is 2.94 bits per heavy atom. The standard InChI is InChI=1S/C13H17N3S/c1-10(2)15-8-12-9-16-13(17-12)6-11-4-3-5-14-7-11/h3-5,7,9-10,15H,6,8H2,1-2H3. The Morgan fingerprint density at radius 2 is 2.24 bits per heavy atom. The highest BCUT2D eigenvalue weighted by molar-refractivity contribution is 7.11. The zero-order chi connectivity index (χ0) is 12.1. The number of nitrogens with zero attached hydrogens (tertiary/aromatic N) is 2. The van der Waals surface area contributed by atoms with E-state index in [1.165, 1.54) is 10.4 Å². The zero-order valence-corrected chi connectivity index (χ0v) is 11.0. The third-order valence-electron chi connectivity index (χ3n) is 2.36. The molecule has 0 fully saturated rings. The second kappa shape index (κ2) is 5.89. The van der Waals surface area contributed by atoms with Crippen molar-refractivity contribution in [3.63, 3.8) is 0 Å². The van der Waals surface area contributed by atoms with E-state index >= 15 is 0 Å². The van der Waals surface area contributed by atoms with Gasteiger partial charge in [-0.2, -0.15) is 0 Å². The van der Waals surface area contributed by atoms with Crippen molar-refractivity contribution in [2.24, 2.45) is 0 Å². The minimum atomic E-state index is 0.513. The van der Waals surface area contributed by atoms with Crippen LogP contribution in [0, 0.1) is 0 Å². The Bertz CT molecular complexity index is 451. The van der Waals surface area contributed by atoms with E-state index in [9.17, 15) is 0 Å². The molecule has 0 aromatic carbocycles. The van der Waals surface area contributed by atoms with E-state index in [0.29, 0.717) is 6.04 Å². The second-order valence-corrected chi connectivity index (χ2v) is 5.49. The first-order valence-electron chi connectivity index (χ1n) is 5.80. The van der Waals surface area contributed by atoms with Crippen molar-refractivity contribution in [3.8, 4) is 0 Å². The monoisotopic (exact) mass is 247 g/mol. The van der Waals surface area contributed by atoms with Crippen LogP contribution in [0.1, 0.15) is 29.3 Å². The lowest BCUT2D eigenvalue weighted by atomic mass is 10.2. The molecule has 4 heteroatoms. The summed E-state index contributed by atoms with van der Waals surface area (Å²) in [6.07, 6.45) is 6.53. The van der Waals surface area contributed by atoms with Crippen LogP contribution in [0.4, 0.5) is 0 Å². The third kappa shape index (κ3) is 3.91. The molecule has 0 aliphatic heterocycles. The molecule has 2 rings (SSSR count). The number of hydrogen-bond donors (Lipinski definition) is 1. The number of pyridine rings is 1. The predicted octanol–water partition coefficient (Wildman–Crippen LogP) is 2.63. The van der Waals surface area contributed by atoms with Crippen molar-refractivity contribution in [2.45, 2.75) is 32.9 Å². The molecule has 0 bridgehead atoms. The first kappa shape index (κ1) is 12.2. The number of rotatable bonds is 5. The molecule has 0 atom stereocenters. The van der Waals surface area contributed by atoms with Gasteiger partial charge in [-0.3, -0.25) is 4.98 Å². The highest BCUT2D eigenvalue weighted by atomic mass is 32.1. The fourth-order valence-corrected chi connectivity index (χ4v) is 2.40. The smallest absolute Gasteiger partial charge is 0.0972 e. The summed E-state index contributed by atoms with van der Waals surface area (Å²) >= 11 is 1.77. The molecule has 0 radical (unpaired) electrons. The van der Waals surface area contributed by atoms with Crippen LogP contribution in [0.5, 0.6) is 0 Å². The van der Waals surface area contributed by atoms with Crippen LogP contribution < -0.4 is 5.32 Å². The van der Waals surface area contributed by atoms with Gasteiger partial charge in [-0.15, -0.1) is 11.3 Å². The Labute approximate surface area is 106 Å². The van der Waals surface area contributed by atoms with Crippen LogP contribution in [-0.2, 0) is 13.0 Å². The molecule has 17 heavy (non-hydrogen) atoms. The molecular weight excluding hydrogens is 230 g/mol. The summed E-state index contributed by atoms with van der Waals surface area (Å²) < 4.78 is 0. The molecule has 2 heterocycles.